The molecule has 0 radical (unpaired) electrons. The minimum atomic E-state index is -0.621. The van der Waals surface area contributed by atoms with Gasteiger partial charge in [-0.3, -0.25) is 9.78 Å². The second-order valence-electron chi connectivity index (χ2n) is 10.2. The minimum Gasteiger partial charge on any atom is -0.508 e. The van der Waals surface area contributed by atoms with Crippen molar-refractivity contribution in [2.75, 3.05) is 5.75 Å². The van der Waals surface area contributed by atoms with E-state index < -0.39 is 6.29 Å². The molecule has 0 bridgehead atoms. The van der Waals surface area contributed by atoms with Gasteiger partial charge in [-0.1, -0.05) is 60.3 Å². The van der Waals surface area contributed by atoms with Crippen molar-refractivity contribution in [2.45, 2.75) is 43.2 Å². The number of carbonyl (C=O) groups is 1. The Bertz CT molecular complexity index is 1670. The van der Waals surface area contributed by atoms with Crippen LogP contribution in [0, 0.1) is 0 Å². The first kappa shape index (κ1) is 29.5. The first-order valence-corrected chi connectivity index (χ1v) is 15.0. The van der Waals surface area contributed by atoms with Gasteiger partial charge in [-0.05, 0) is 63.5 Å². The van der Waals surface area contributed by atoms with Gasteiger partial charge in [-0.2, -0.15) is 4.68 Å². The Morgan fingerprint density at radius 2 is 1.70 bits per heavy atom. The summed E-state index contributed by atoms with van der Waals surface area (Å²) in [6, 6.07) is 25.6. The second-order valence-corrected chi connectivity index (χ2v) is 11.2. The van der Waals surface area contributed by atoms with Crippen LogP contribution >= 0.6 is 11.8 Å². The lowest BCUT2D eigenvalue weighted by Gasteiger charge is -2.36. The van der Waals surface area contributed by atoms with Crippen molar-refractivity contribution in [3.63, 3.8) is 0 Å². The van der Waals surface area contributed by atoms with Crippen molar-refractivity contribution in [1.82, 2.24) is 30.5 Å². The number of aromatic nitrogens is 5. The molecule has 1 fully saturated rings. The number of benzene rings is 3. The van der Waals surface area contributed by atoms with E-state index in [1.807, 2.05) is 48.5 Å². The van der Waals surface area contributed by atoms with Crippen LogP contribution in [-0.4, -0.2) is 53.2 Å². The Balaban J connectivity index is 1.16. The number of ether oxygens (including phenoxy) is 2. The van der Waals surface area contributed by atoms with E-state index in [1.165, 1.54) is 18.0 Å². The topological polar surface area (TPSA) is 145 Å². The molecule has 6 rings (SSSR count). The molecule has 5 aromatic rings. The summed E-state index contributed by atoms with van der Waals surface area (Å²) in [6.07, 6.45) is 2.73. The predicted octanol–water partition coefficient (Wildman–Crippen LogP) is 4.52. The molecule has 0 unspecified atom stereocenters. The fraction of sp³-hybridized carbons (Fsp3) is 0.219. The lowest BCUT2D eigenvalue weighted by molar-refractivity contribution is -0.245. The summed E-state index contributed by atoms with van der Waals surface area (Å²) >= 11 is 1.48. The van der Waals surface area contributed by atoms with Crippen LogP contribution in [0.5, 0.6) is 5.75 Å². The first-order valence-electron chi connectivity index (χ1n) is 14.0. The third-order valence-electron chi connectivity index (χ3n) is 7.18. The summed E-state index contributed by atoms with van der Waals surface area (Å²) in [5.41, 5.74) is 4.86. The Morgan fingerprint density at radius 3 is 2.43 bits per heavy atom. The van der Waals surface area contributed by atoms with Gasteiger partial charge >= 0.3 is 0 Å². The third-order valence-corrected chi connectivity index (χ3v) is 8.23. The number of phenols is 1. The average molecular weight is 611 g/mol. The molecule has 3 N–H and O–H groups in total. The van der Waals surface area contributed by atoms with Crippen LogP contribution in [0.1, 0.15) is 51.4 Å². The van der Waals surface area contributed by atoms with Gasteiger partial charge in [0.1, 0.15) is 5.75 Å². The number of nitrogens with zero attached hydrogens (tertiary/aromatic N) is 5. The van der Waals surface area contributed by atoms with Crippen molar-refractivity contribution >= 4 is 17.7 Å². The fourth-order valence-corrected chi connectivity index (χ4v) is 5.70. The molecule has 3 atom stereocenters. The number of nitrogens with one attached hydrogen (secondary N) is 1. The second kappa shape index (κ2) is 13.8. The van der Waals surface area contributed by atoms with E-state index in [9.17, 15) is 15.0 Å². The number of tetrazole rings is 1. The Morgan fingerprint density at radius 1 is 0.955 bits per heavy atom. The van der Waals surface area contributed by atoms with E-state index in [0.717, 1.165) is 27.9 Å². The highest BCUT2D eigenvalue weighted by Crippen LogP contribution is 2.39. The molecule has 44 heavy (non-hydrogen) atoms. The molecule has 2 aromatic heterocycles. The van der Waals surface area contributed by atoms with Crippen molar-refractivity contribution in [3.8, 4) is 11.4 Å². The van der Waals surface area contributed by atoms with Gasteiger partial charge in [0.15, 0.2) is 6.29 Å². The maximum Gasteiger partial charge on any atom is 0.253 e. The van der Waals surface area contributed by atoms with Crippen molar-refractivity contribution in [3.05, 3.63) is 125 Å². The Hall–Kier alpha value is -4.62. The molecule has 3 heterocycles. The molecule has 224 valence electrons. The number of aliphatic hydroxyl groups is 1. The monoisotopic (exact) mass is 610 g/mol. The number of rotatable bonds is 10. The minimum absolute atomic E-state index is 0.0262. The number of amides is 1. The third kappa shape index (κ3) is 7.12. The standard InChI is InChI=1S/C32H30N6O5S/c39-19-22-5-7-23(8-6-22)29-16-28(20-44-32-35-36-37-38(32)26-11-13-27(40)14-12-26)42-31(43-29)24-9-3-21(4-10-24)17-34-30(41)25-2-1-15-33-18-25/h1-15,18,28-29,31,39-40H,16-17,19-20H2,(H,34,41)/t28-,29+,31+/m1/s1. The number of carbonyl (C=O) groups excluding carboxylic acids is 1. The van der Waals surface area contributed by atoms with Gasteiger partial charge in [-0.25, -0.2) is 0 Å². The van der Waals surface area contributed by atoms with Gasteiger partial charge in [-0.15, -0.1) is 5.10 Å². The molecule has 0 saturated carbocycles. The van der Waals surface area contributed by atoms with E-state index >= 15 is 0 Å². The number of aliphatic hydroxyl groups excluding tert-OH is 1. The summed E-state index contributed by atoms with van der Waals surface area (Å²) in [4.78, 5) is 16.4. The van der Waals surface area contributed by atoms with Gasteiger partial charge in [0.25, 0.3) is 5.91 Å². The smallest absolute Gasteiger partial charge is 0.253 e. The van der Waals surface area contributed by atoms with Crippen LogP contribution in [0.3, 0.4) is 0 Å². The molecule has 1 amide bonds. The molecular weight excluding hydrogens is 580 g/mol. The van der Waals surface area contributed by atoms with Crippen LogP contribution in [-0.2, 0) is 22.6 Å². The highest BCUT2D eigenvalue weighted by molar-refractivity contribution is 7.99. The zero-order valence-corrected chi connectivity index (χ0v) is 24.4. The molecule has 11 nitrogen and oxygen atoms in total. The van der Waals surface area contributed by atoms with Crippen LogP contribution in [0.25, 0.3) is 5.69 Å². The van der Waals surface area contributed by atoms with Crippen LogP contribution in [0.2, 0.25) is 0 Å². The summed E-state index contributed by atoms with van der Waals surface area (Å²) in [7, 11) is 0. The van der Waals surface area contributed by atoms with Gasteiger partial charge in [0.2, 0.25) is 5.16 Å². The summed E-state index contributed by atoms with van der Waals surface area (Å²) in [5.74, 6) is 0.549. The lowest BCUT2D eigenvalue weighted by atomic mass is 10.0. The van der Waals surface area contributed by atoms with Crippen molar-refractivity contribution in [1.29, 1.82) is 0 Å². The molecule has 0 aliphatic carbocycles. The molecule has 3 aromatic carbocycles. The van der Waals surface area contributed by atoms with Crippen LogP contribution in [0.4, 0.5) is 0 Å². The van der Waals surface area contributed by atoms with Crippen LogP contribution < -0.4 is 5.32 Å². The van der Waals surface area contributed by atoms with Crippen LogP contribution in [0.15, 0.2) is 102 Å². The van der Waals surface area contributed by atoms with E-state index in [0.29, 0.717) is 29.4 Å². The molecule has 0 spiro atoms. The van der Waals surface area contributed by atoms with E-state index in [2.05, 4.69) is 25.8 Å². The van der Waals surface area contributed by atoms with Crippen molar-refractivity contribution in [2.24, 2.45) is 0 Å². The number of thioether (sulfide) groups is 1. The Labute approximate surface area is 257 Å². The Kier molecular flexibility index (Phi) is 9.22. The summed E-state index contributed by atoms with van der Waals surface area (Å²) in [6.45, 7) is 0.344. The maximum absolute atomic E-state index is 12.4. The molecule has 1 aliphatic heterocycles. The molecule has 12 heteroatoms. The summed E-state index contributed by atoms with van der Waals surface area (Å²) < 4.78 is 14.5. The van der Waals surface area contributed by atoms with Gasteiger partial charge in [0, 0.05) is 36.7 Å². The predicted molar refractivity (Wildman–Crippen MR) is 162 cm³/mol. The number of phenolic OH excluding ortho intramolecular Hbond substituents is 1. The summed E-state index contributed by atoms with van der Waals surface area (Å²) in [5, 5.41) is 34.8. The van der Waals surface area contributed by atoms with E-state index in [4.69, 9.17) is 9.47 Å². The van der Waals surface area contributed by atoms with Crippen molar-refractivity contribution < 1.29 is 24.5 Å². The average Bonchev–Trinajstić information content (AvgIpc) is 3.56. The van der Waals surface area contributed by atoms with E-state index in [-0.39, 0.29) is 30.5 Å². The largest absolute Gasteiger partial charge is 0.508 e. The highest BCUT2D eigenvalue weighted by Gasteiger charge is 2.32. The maximum atomic E-state index is 12.4. The molecule has 1 saturated heterocycles. The number of aromatic hydroxyl groups is 1. The van der Waals surface area contributed by atoms with Gasteiger partial charge < -0.3 is 25.0 Å². The lowest BCUT2D eigenvalue weighted by Crippen LogP contribution is -2.31. The quantitative estimate of drug-likeness (QED) is 0.193. The zero-order valence-electron chi connectivity index (χ0n) is 23.6. The normalized spacial score (nSPS) is 18.2. The highest BCUT2D eigenvalue weighted by atomic mass is 32.2. The molecular formula is C32H30N6O5S. The number of hydrogen-bond acceptors (Lipinski definition) is 10. The SMILES string of the molecule is O=C(NCc1ccc([C@H]2O[C@@H](CSc3nnnn3-c3ccc(O)cc3)C[C@@H](c3ccc(CO)cc3)O2)cc1)c1cccnc1. The first-order chi connectivity index (χ1) is 21.6. The number of hydrogen-bond donors (Lipinski definition) is 3. The molecule has 1 aliphatic rings. The zero-order chi connectivity index (χ0) is 30.3. The van der Waals surface area contributed by atoms with Gasteiger partial charge in [0.05, 0.1) is 30.1 Å². The van der Waals surface area contributed by atoms with E-state index in [1.54, 1.807) is 47.3 Å². The fourth-order valence-electron chi connectivity index (χ4n) is 4.79. The number of pyridine rings is 1.